The van der Waals surface area contributed by atoms with Gasteiger partial charge in [0.25, 0.3) is 0 Å². The van der Waals surface area contributed by atoms with Crippen LogP contribution in [0.3, 0.4) is 0 Å². The van der Waals surface area contributed by atoms with E-state index in [1.807, 2.05) is 60.3 Å². The normalized spacial score (nSPS) is 19.1. The summed E-state index contributed by atoms with van der Waals surface area (Å²) in [5.41, 5.74) is 2.73. The average Bonchev–Trinajstić information content (AvgIpc) is 3.75. The third-order valence-electron chi connectivity index (χ3n) is 8.45. The highest BCUT2D eigenvalue weighted by Crippen LogP contribution is 2.32. The fraction of sp³-hybridized carbons (Fsp3) is 0.441. The molecule has 0 bridgehead atoms. The first-order chi connectivity index (χ1) is 22.2. The van der Waals surface area contributed by atoms with Crippen LogP contribution in [-0.2, 0) is 33.8 Å². The first-order valence-electron chi connectivity index (χ1n) is 16.0. The minimum atomic E-state index is -0.800. The Hall–Kier alpha value is -4.87. The van der Waals surface area contributed by atoms with Gasteiger partial charge in [-0.1, -0.05) is 38.1 Å². The number of hydrogen-bond donors (Lipinski definition) is 3. The van der Waals surface area contributed by atoms with E-state index in [4.69, 9.17) is 14.5 Å². The number of aryl methyl sites for hydroxylation is 1. The molecule has 2 aromatic carbocycles. The second kappa shape index (κ2) is 13.6. The number of aromatic nitrogens is 4. The zero-order valence-electron chi connectivity index (χ0n) is 26.5. The molecule has 0 unspecified atom stereocenters. The van der Waals surface area contributed by atoms with Gasteiger partial charge in [0, 0.05) is 43.0 Å². The van der Waals surface area contributed by atoms with Crippen LogP contribution in [0.15, 0.2) is 48.7 Å². The summed E-state index contributed by atoms with van der Waals surface area (Å²) < 4.78 is 12.7. The third-order valence-corrected chi connectivity index (χ3v) is 8.45. The molecule has 0 fully saturated rings. The summed E-state index contributed by atoms with van der Waals surface area (Å²) in [4.78, 5) is 50.6. The lowest BCUT2D eigenvalue weighted by atomic mass is 10.0. The first kappa shape index (κ1) is 31.1. The van der Waals surface area contributed by atoms with Gasteiger partial charge < -0.3 is 30.0 Å². The lowest BCUT2D eigenvalue weighted by Crippen LogP contribution is -2.49. The number of para-hydroxylation sites is 1. The number of ether oxygens (including phenoxy) is 2. The van der Waals surface area contributed by atoms with Crippen molar-refractivity contribution >= 4 is 28.6 Å². The molecule has 4 aromatic rings. The number of H-pyrrole nitrogens is 1. The second-order valence-corrected chi connectivity index (χ2v) is 12.5. The molecule has 242 valence electrons. The minimum absolute atomic E-state index is 0.0611. The van der Waals surface area contributed by atoms with E-state index in [1.54, 1.807) is 4.90 Å². The van der Waals surface area contributed by atoms with Crippen molar-refractivity contribution in [1.29, 1.82) is 0 Å². The summed E-state index contributed by atoms with van der Waals surface area (Å²) in [5.74, 6) is 2.20. The lowest BCUT2D eigenvalue weighted by molar-refractivity contribution is -0.131. The standard InChI is InChI=1S/C34H41N7O5/c1-21(2)15-27-33-36-22(3)39-41(33)14-13-40(32(43)17-23-10-11-29-30(16-23)46-20-45-29)12-6-9-31(42)37-28(34(44)38-27)18-24-19-35-26-8-5-4-7-25(24)26/h4-5,7-8,10-11,16,19,21,27-28,35H,6,9,12-15,17-18,20H2,1-3H3,(H,37,42)(H,38,44)/t27-,28+/m0/s1. The number of hydrogen-bond acceptors (Lipinski definition) is 7. The Kier molecular flexibility index (Phi) is 9.23. The van der Waals surface area contributed by atoms with Gasteiger partial charge in [-0.15, -0.1) is 0 Å². The number of carbonyl (C=O) groups is 3. The maximum atomic E-state index is 13.9. The molecule has 0 saturated heterocycles. The van der Waals surface area contributed by atoms with E-state index in [0.29, 0.717) is 62.0 Å². The maximum absolute atomic E-state index is 13.9. The largest absolute Gasteiger partial charge is 0.454 e. The zero-order valence-corrected chi connectivity index (χ0v) is 26.5. The Morgan fingerprint density at radius 3 is 2.70 bits per heavy atom. The van der Waals surface area contributed by atoms with E-state index in [9.17, 15) is 14.4 Å². The molecule has 3 N–H and O–H groups in total. The molecular formula is C34H41N7O5. The number of aromatic amines is 1. The number of carbonyl (C=O) groups excluding carboxylic acids is 3. The fourth-order valence-electron chi connectivity index (χ4n) is 6.21. The summed E-state index contributed by atoms with van der Waals surface area (Å²) >= 11 is 0. The van der Waals surface area contributed by atoms with Crippen LogP contribution in [0.5, 0.6) is 11.5 Å². The van der Waals surface area contributed by atoms with Gasteiger partial charge in [-0.3, -0.25) is 14.4 Å². The highest BCUT2D eigenvalue weighted by atomic mass is 16.7. The Morgan fingerprint density at radius 2 is 1.85 bits per heavy atom. The topological polar surface area (TPSA) is 143 Å². The van der Waals surface area contributed by atoms with Crippen LogP contribution < -0.4 is 20.1 Å². The number of rotatable bonds is 6. The Morgan fingerprint density at radius 1 is 1.02 bits per heavy atom. The number of nitrogens with zero attached hydrogens (tertiary/aromatic N) is 4. The maximum Gasteiger partial charge on any atom is 0.243 e. The van der Waals surface area contributed by atoms with Crippen molar-refractivity contribution < 1.29 is 23.9 Å². The molecule has 12 nitrogen and oxygen atoms in total. The van der Waals surface area contributed by atoms with Crippen molar-refractivity contribution in [3.05, 3.63) is 71.4 Å². The number of nitrogens with one attached hydrogen (secondary N) is 3. The van der Waals surface area contributed by atoms with E-state index < -0.39 is 12.1 Å². The highest BCUT2D eigenvalue weighted by molar-refractivity contribution is 5.90. The average molecular weight is 628 g/mol. The molecule has 0 aliphatic carbocycles. The van der Waals surface area contributed by atoms with E-state index in [1.165, 1.54) is 0 Å². The molecule has 46 heavy (non-hydrogen) atoms. The van der Waals surface area contributed by atoms with Crippen molar-refractivity contribution in [3.8, 4) is 11.5 Å². The van der Waals surface area contributed by atoms with Crippen molar-refractivity contribution in [2.45, 2.75) is 71.5 Å². The van der Waals surface area contributed by atoms with E-state index in [0.717, 1.165) is 22.0 Å². The van der Waals surface area contributed by atoms with E-state index >= 15 is 0 Å². The molecule has 6 rings (SSSR count). The number of amides is 3. The van der Waals surface area contributed by atoms with Gasteiger partial charge in [0.15, 0.2) is 11.5 Å². The molecular weight excluding hydrogens is 586 g/mol. The Balaban J connectivity index is 1.27. The van der Waals surface area contributed by atoms with Crippen molar-refractivity contribution in [1.82, 2.24) is 35.3 Å². The van der Waals surface area contributed by atoms with Crippen LogP contribution in [0, 0.1) is 12.8 Å². The molecule has 2 aliphatic heterocycles. The minimum Gasteiger partial charge on any atom is -0.454 e. The van der Waals surface area contributed by atoms with Crippen LogP contribution in [0.25, 0.3) is 10.9 Å². The quantitative estimate of drug-likeness (QED) is 0.297. The van der Waals surface area contributed by atoms with Crippen LogP contribution in [-0.4, -0.2) is 68.3 Å². The van der Waals surface area contributed by atoms with Crippen molar-refractivity contribution in [3.63, 3.8) is 0 Å². The summed E-state index contributed by atoms with van der Waals surface area (Å²) in [6, 6.07) is 12.2. The van der Waals surface area contributed by atoms with Crippen LogP contribution in [0.4, 0.5) is 0 Å². The fourth-order valence-corrected chi connectivity index (χ4v) is 6.21. The van der Waals surface area contributed by atoms with Crippen molar-refractivity contribution in [2.24, 2.45) is 5.92 Å². The number of benzene rings is 2. The molecule has 4 heterocycles. The van der Waals surface area contributed by atoms with Gasteiger partial charge in [-0.25, -0.2) is 9.67 Å². The van der Waals surface area contributed by atoms with Gasteiger partial charge in [0.05, 0.1) is 19.0 Å². The van der Waals surface area contributed by atoms with Gasteiger partial charge in [0.1, 0.15) is 17.7 Å². The predicted molar refractivity (Wildman–Crippen MR) is 171 cm³/mol. The summed E-state index contributed by atoms with van der Waals surface area (Å²) in [5, 5.41) is 11.9. The molecule has 12 heteroatoms. The zero-order chi connectivity index (χ0) is 32.2. The van der Waals surface area contributed by atoms with E-state index in [-0.39, 0.29) is 43.3 Å². The monoisotopic (exact) mass is 627 g/mol. The summed E-state index contributed by atoms with van der Waals surface area (Å²) in [6.07, 6.45) is 3.65. The van der Waals surface area contributed by atoms with Gasteiger partial charge in [0.2, 0.25) is 24.5 Å². The van der Waals surface area contributed by atoms with Crippen LogP contribution >= 0.6 is 0 Å². The van der Waals surface area contributed by atoms with Gasteiger partial charge in [-0.05, 0) is 55.0 Å². The van der Waals surface area contributed by atoms with Crippen molar-refractivity contribution in [2.75, 3.05) is 19.9 Å². The molecule has 3 amide bonds. The third kappa shape index (κ3) is 7.16. The molecule has 0 radical (unpaired) electrons. The molecule has 0 saturated carbocycles. The van der Waals surface area contributed by atoms with Crippen LogP contribution in [0.1, 0.15) is 61.9 Å². The second-order valence-electron chi connectivity index (χ2n) is 12.5. The predicted octanol–water partition coefficient (Wildman–Crippen LogP) is 3.59. The Bertz CT molecular complexity index is 1730. The van der Waals surface area contributed by atoms with Gasteiger partial charge in [-0.2, -0.15) is 5.10 Å². The SMILES string of the molecule is Cc1nc2n(n1)CCN(C(=O)Cc1ccc3c(c1)OCO3)CCCC(=O)N[C@H](Cc1c[nH]c3ccccc13)C(=O)N[C@H]2CC(C)C. The van der Waals surface area contributed by atoms with E-state index in [2.05, 4.69) is 34.6 Å². The smallest absolute Gasteiger partial charge is 0.243 e. The molecule has 2 aliphatic rings. The highest BCUT2D eigenvalue weighted by Gasteiger charge is 2.29. The van der Waals surface area contributed by atoms with Crippen LogP contribution in [0.2, 0.25) is 0 Å². The van der Waals surface area contributed by atoms with Gasteiger partial charge >= 0.3 is 0 Å². The summed E-state index contributed by atoms with van der Waals surface area (Å²) in [6.45, 7) is 7.34. The molecule has 2 aromatic heterocycles. The summed E-state index contributed by atoms with van der Waals surface area (Å²) in [7, 11) is 0. The molecule has 2 atom stereocenters. The molecule has 0 spiro atoms. The number of fused-ring (bicyclic) bond motifs is 3. The lowest BCUT2D eigenvalue weighted by Gasteiger charge is -2.27. The Labute approximate surface area is 267 Å². The first-order valence-corrected chi connectivity index (χ1v) is 16.0.